The summed E-state index contributed by atoms with van der Waals surface area (Å²) in [6.07, 6.45) is -7.13. The quantitative estimate of drug-likeness (QED) is 0.389. The number of ether oxygens (including phenoxy) is 6. The molecule has 12 heteroatoms. The number of carbonyl (C=O) groups excluding carboxylic acids is 4. The molecular formula is C22H26O12. The molecule has 0 spiro atoms. The van der Waals surface area contributed by atoms with E-state index in [1.807, 2.05) is 0 Å². The topological polar surface area (TPSA) is 161 Å². The summed E-state index contributed by atoms with van der Waals surface area (Å²) < 4.78 is 32.6. The van der Waals surface area contributed by atoms with Gasteiger partial charge in [0, 0.05) is 33.3 Å². The van der Waals surface area contributed by atoms with Crippen molar-refractivity contribution >= 4 is 29.8 Å². The maximum Gasteiger partial charge on any atom is 0.307 e. The van der Waals surface area contributed by atoms with Gasteiger partial charge in [0.15, 0.2) is 12.2 Å². The number of carboxylic acid groups (broad SMARTS) is 1. The standard InChI is InChI=1S/C22H26O12/c1-11(23)29-10-17-19(30-12(2)24)20(31-13(3)25)21(32-14(4)26)22(34-17)33-16-8-6-5-7-15(16)9-18(27)28/h5-8,17,19-22H,9-10H2,1-4H3,(H,27,28)/t17-,19-,20+,21-,22-/m1/s1. The Morgan fingerprint density at radius 2 is 1.38 bits per heavy atom. The molecule has 0 bridgehead atoms. The molecule has 186 valence electrons. The van der Waals surface area contributed by atoms with Crippen molar-refractivity contribution in [3.63, 3.8) is 0 Å². The second kappa shape index (κ2) is 12.0. The number of rotatable bonds is 9. The van der Waals surface area contributed by atoms with Crippen LogP contribution in [0.2, 0.25) is 0 Å². The predicted octanol–water partition coefficient (Wildman–Crippen LogP) is 0.776. The highest BCUT2D eigenvalue weighted by molar-refractivity contribution is 5.71. The van der Waals surface area contributed by atoms with E-state index in [4.69, 9.17) is 28.4 Å². The molecule has 12 nitrogen and oxygen atoms in total. The number of hydrogen-bond donors (Lipinski definition) is 1. The monoisotopic (exact) mass is 482 g/mol. The van der Waals surface area contributed by atoms with Gasteiger partial charge in [-0.05, 0) is 6.07 Å². The largest absolute Gasteiger partial charge is 0.481 e. The fourth-order valence-electron chi connectivity index (χ4n) is 3.34. The lowest BCUT2D eigenvalue weighted by molar-refractivity contribution is -0.288. The number of esters is 4. The highest BCUT2D eigenvalue weighted by Crippen LogP contribution is 2.32. The Hall–Kier alpha value is -3.67. The van der Waals surface area contributed by atoms with Crippen LogP contribution in [-0.4, -0.2) is 72.3 Å². The lowest BCUT2D eigenvalue weighted by atomic mass is 9.98. The van der Waals surface area contributed by atoms with E-state index in [1.165, 1.54) is 12.1 Å². The van der Waals surface area contributed by atoms with Gasteiger partial charge in [0.05, 0.1) is 6.42 Å². The summed E-state index contributed by atoms with van der Waals surface area (Å²) in [4.78, 5) is 58.1. The Labute approximate surface area is 195 Å². The molecule has 0 radical (unpaired) electrons. The lowest BCUT2D eigenvalue weighted by Gasteiger charge is -2.44. The van der Waals surface area contributed by atoms with Gasteiger partial charge in [-0.15, -0.1) is 0 Å². The molecule has 0 saturated carbocycles. The van der Waals surface area contributed by atoms with E-state index >= 15 is 0 Å². The van der Waals surface area contributed by atoms with Crippen LogP contribution in [-0.2, 0) is 54.1 Å². The van der Waals surface area contributed by atoms with Gasteiger partial charge in [-0.25, -0.2) is 0 Å². The van der Waals surface area contributed by atoms with Gasteiger partial charge in [0.25, 0.3) is 0 Å². The summed E-state index contributed by atoms with van der Waals surface area (Å²) in [5.74, 6) is -3.98. The van der Waals surface area contributed by atoms with Gasteiger partial charge >= 0.3 is 29.8 Å². The first kappa shape index (κ1) is 26.6. The molecule has 1 aliphatic rings. The van der Waals surface area contributed by atoms with Crippen molar-refractivity contribution in [2.24, 2.45) is 0 Å². The van der Waals surface area contributed by atoms with Gasteiger partial charge in [-0.1, -0.05) is 18.2 Å². The van der Waals surface area contributed by atoms with Crippen molar-refractivity contribution in [1.82, 2.24) is 0 Å². The fraction of sp³-hybridized carbons (Fsp3) is 0.500. The van der Waals surface area contributed by atoms with Gasteiger partial charge in [0.1, 0.15) is 18.5 Å². The van der Waals surface area contributed by atoms with Crippen molar-refractivity contribution in [2.45, 2.75) is 64.8 Å². The average molecular weight is 482 g/mol. The second-order valence-corrected chi connectivity index (χ2v) is 7.36. The third kappa shape index (κ3) is 7.73. The van der Waals surface area contributed by atoms with Crippen molar-refractivity contribution in [3.8, 4) is 5.75 Å². The molecule has 0 unspecified atom stereocenters. The van der Waals surface area contributed by atoms with E-state index in [2.05, 4.69) is 0 Å². The summed E-state index contributed by atoms with van der Waals surface area (Å²) in [7, 11) is 0. The summed E-state index contributed by atoms with van der Waals surface area (Å²) in [6.45, 7) is 4.06. The predicted molar refractivity (Wildman–Crippen MR) is 110 cm³/mol. The smallest absolute Gasteiger partial charge is 0.307 e. The van der Waals surface area contributed by atoms with E-state index in [0.29, 0.717) is 5.56 Å². The molecule has 1 saturated heterocycles. The molecule has 1 fully saturated rings. The first-order valence-corrected chi connectivity index (χ1v) is 10.2. The van der Waals surface area contributed by atoms with Crippen LogP contribution in [0, 0.1) is 0 Å². The van der Waals surface area contributed by atoms with Gasteiger partial charge in [-0.3, -0.25) is 24.0 Å². The van der Waals surface area contributed by atoms with E-state index in [-0.39, 0.29) is 12.2 Å². The maximum absolute atomic E-state index is 11.9. The van der Waals surface area contributed by atoms with Crippen molar-refractivity contribution in [2.75, 3.05) is 6.61 Å². The van der Waals surface area contributed by atoms with Crippen LogP contribution in [0.25, 0.3) is 0 Å². The Bertz CT molecular complexity index is 926. The van der Waals surface area contributed by atoms with Crippen LogP contribution < -0.4 is 4.74 Å². The van der Waals surface area contributed by atoms with E-state index < -0.39 is 67.2 Å². The van der Waals surface area contributed by atoms with Crippen LogP contribution in [0.1, 0.15) is 33.3 Å². The molecule has 1 heterocycles. The van der Waals surface area contributed by atoms with E-state index in [1.54, 1.807) is 12.1 Å². The van der Waals surface area contributed by atoms with Gasteiger partial charge in [0.2, 0.25) is 12.4 Å². The fourth-order valence-corrected chi connectivity index (χ4v) is 3.34. The number of para-hydroxylation sites is 1. The van der Waals surface area contributed by atoms with Crippen LogP contribution >= 0.6 is 0 Å². The van der Waals surface area contributed by atoms with Crippen molar-refractivity contribution in [3.05, 3.63) is 29.8 Å². The molecule has 5 atom stereocenters. The Morgan fingerprint density at radius 3 is 1.94 bits per heavy atom. The van der Waals surface area contributed by atoms with E-state index in [0.717, 1.165) is 27.7 Å². The maximum atomic E-state index is 11.9. The molecule has 0 amide bonds. The highest BCUT2D eigenvalue weighted by atomic mass is 16.7. The van der Waals surface area contributed by atoms with Crippen molar-refractivity contribution in [1.29, 1.82) is 0 Å². The van der Waals surface area contributed by atoms with Crippen LogP contribution in [0.15, 0.2) is 24.3 Å². The molecule has 2 rings (SSSR count). The molecule has 1 N–H and O–H groups in total. The molecular weight excluding hydrogens is 456 g/mol. The minimum absolute atomic E-state index is 0.103. The summed E-state index contributed by atoms with van der Waals surface area (Å²) >= 11 is 0. The molecule has 0 aromatic heterocycles. The average Bonchev–Trinajstić information content (AvgIpc) is 2.71. The Kier molecular flexibility index (Phi) is 9.36. The van der Waals surface area contributed by atoms with E-state index in [9.17, 15) is 29.1 Å². The molecule has 1 aromatic rings. The summed E-state index contributed by atoms with van der Waals surface area (Å²) in [6, 6.07) is 6.20. The summed E-state index contributed by atoms with van der Waals surface area (Å²) in [5.41, 5.74) is 0.294. The number of carbonyl (C=O) groups is 5. The SMILES string of the molecule is CC(=O)OC[C@H]1O[C@@H](Oc2ccccc2CC(=O)O)[C@H](OC(C)=O)[C@@H](OC(C)=O)[C@@H]1OC(C)=O. The van der Waals surface area contributed by atoms with Crippen LogP contribution in [0.5, 0.6) is 5.75 Å². The lowest BCUT2D eigenvalue weighted by Crippen LogP contribution is -2.63. The van der Waals surface area contributed by atoms with Crippen LogP contribution in [0.4, 0.5) is 0 Å². The molecule has 1 aliphatic heterocycles. The van der Waals surface area contributed by atoms with Gasteiger partial charge < -0.3 is 33.5 Å². The minimum atomic E-state index is -1.45. The first-order valence-electron chi connectivity index (χ1n) is 10.2. The normalized spacial score (nSPS) is 23.8. The molecule has 1 aromatic carbocycles. The Morgan fingerprint density at radius 1 is 0.824 bits per heavy atom. The second-order valence-electron chi connectivity index (χ2n) is 7.36. The molecule has 34 heavy (non-hydrogen) atoms. The number of benzene rings is 1. The van der Waals surface area contributed by atoms with Crippen LogP contribution in [0.3, 0.4) is 0 Å². The zero-order valence-electron chi connectivity index (χ0n) is 19.0. The molecule has 0 aliphatic carbocycles. The highest BCUT2D eigenvalue weighted by Gasteiger charge is 2.53. The zero-order valence-corrected chi connectivity index (χ0v) is 19.0. The first-order chi connectivity index (χ1) is 16.0. The van der Waals surface area contributed by atoms with Crippen molar-refractivity contribution < 1.29 is 57.5 Å². The number of hydrogen-bond acceptors (Lipinski definition) is 11. The zero-order chi connectivity index (χ0) is 25.4. The Balaban J connectivity index is 2.50. The minimum Gasteiger partial charge on any atom is -0.481 e. The third-order valence-electron chi connectivity index (χ3n) is 4.51. The number of carboxylic acids is 1. The van der Waals surface area contributed by atoms with Gasteiger partial charge in [-0.2, -0.15) is 0 Å². The number of aliphatic carboxylic acids is 1. The third-order valence-corrected chi connectivity index (χ3v) is 4.51. The summed E-state index contributed by atoms with van der Waals surface area (Å²) in [5, 5.41) is 9.18.